The van der Waals surface area contributed by atoms with Gasteiger partial charge >= 0.3 is 0 Å². The number of benzene rings is 1. The van der Waals surface area contributed by atoms with Crippen molar-refractivity contribution >= 4 is 12.6 Å². The van der Waals surface area contributed by atoms with Gasteiger partial charge in [-0.3, -0.25) is 0 Å². The third kappa shape index (κ3) is 2.16. The number of hydrogen-bond acceptors (Lipinski definition) is 3. The first-order valence-corrected chi connectivity index (χ1v) is 4.62. The fourth-order valence-corrected chi connectivity index (χ4v) is 1.28. The number of halogens is 2. The van der Waals surface area contributed by atoms with Crippen molar-refractivity contribution in [3.8, 4) is 5.75 Å². The smallest absolute Gasteiger partial charge is 0.165 e. The highest BCUT2D eigenvalue weighted by Gasteiger charge is 2.14. The summed E-state index contributed by atoms with van der Waals surface area (Å²) in [6.45, 7) is 0. The fraction of sp³-hybridized carbons (Fsp3) is 0.333. The zero-order chi connectivity index (χ0) is 10.7. The molecule has 0 spiro atoms. The van der Waals surface area contributed by atoms with E-state index in [4.69, 9.17) is 5.73 Å². The molecule has 0 saturated carbocycles. The monoisotopic (exact) mass is 219 g/mol. The maximum absolute atomic E-state index is 13.3. The largest absolute Gasteiger partial charge is 0.494 e. The van der Waals surface area contributed by atoms with Crippen molar-refractivity contribution in [1.29, 1.82) is 0 Å². The van der Waals surface area contributed by atoms with Crippen molar-refractivity contribution in [3.05, 3.63) is 29.3 Å². The van der Waals surface area contributed by atoms with E-state index in [2.05, 4.69) is 17.4 Å². The van der Waals surface area contributed by atoms with Gasteiger partial charge in [0.25, 0.3) is 0 Å². The lowest BCUT2D eigenvalue weighted by atomic mass is 10.1. The molecule has 2 N–H and O–H groups in total. The Morgan fingerprint density at radius 1 is 1.43 bits per heavy atom. The van der Waals surface area contributed by atoms with Crippen LogP contribution in [0.25, 0.3) is 0 Å². The number of hydrogen-bond donors (Lipinski definition) is 2. The summed E-state index contributed by atoms with van der Waals surface area (Å²) in [5.74, 6) is -1.08. The van der Waals surface area contributed by atoms with E-state index in [1.807, 2.05) is 0 Å². The molecule has 2 nitrogen and oxygen atoms in total. The van der Waals surface area contributed by atoms with Crippen molar-refractivity contribution in [1.82, 2.24) is 0 Å². The van der Waals surface area contributed by atoms with Crippen LogP contribution >= 0.6 is 12.6 Å². The van der Waals surface area contributed by atoms with E-state index < -0.39 is 17.7 Å². The van der Waals surface area contributed by atoms with Gasteiger partial charge in [0, 0.05) is 23.4 Å². The molecule has 0 aromatic heterocycles. The summed E-state index contributed by atoms with van der Waals surface area (Å²) in [5.41, 5.74) is 5.64. The van der Waals surface area contributed by atoms with Crippen molar-refractivity contribution in [2.24, 2.45) is 5.73 Å². The predicted molar refractivity (Wildman–Crippen MR) is 53.7 cm³/mol. The molecule has 0 amide bonds. The minimum atomic E-state index is -0.624. The van der Waals surface area contributed by atoms with E-state index >= 15 is 0 Å². The SMILES string of the molecule is COc1cc(F)c(C(N)CS)cc1F. The number of nitrogens with two attached hydrogens (primary N) is 1. The molecule has 14 heavy (non-hydrogen) atoms. The standard InChI is InChI=1S/C9H11F2NOS/c1-13-9-3-6(10)5(2-7(9)11)8(12)4-14/h2-3,8,14H,4,12H2,1H3. The van der Waals surface area contributed by atoms with Gasteiger partial charge in [0.2, 0.25) is 0 Å². The Morgan fingerprint density at radius 2 is 2.07 bits per heavy atom. The van der Waals surface area contributed by atoms with Crippen LogP contribution in [0.5, 0.6) is 5.75 Å². The van der Waals surface area contributed by atoms with E-state index in [0.29, 0.717) is 0 Å². The summed E-state index contributed by atoms with van der Waals surface area (Å²) in [5, 5.41) is 0. The highest BCUT2D eigenvalue weighted by Crippen LogP contribution is 2.24. The molecule has 0 heterocycles. The Labute approximate surface area is 86.5 Å². The maximum atomic E-state index is 13.3. The van der Waals surface area contributed by atoms with Crippen LogP contribution in [-0.4, -0.2) is 12.9 Å². The van der Waals surface area contributed by atoms with Gasteiger partial charge < -0.3 is 10.5 Å². The molecule has 1 aromatic carbocycles. The molecular formula is C9H11F2NOS. The second-order valence-corrected chi connectivity index (χ2v) is 3.16. The molecule has 1 aromatic rings. The Hall–Kier alpha value is -0.810. The van der Waals surface area contributed by atoms with Gasteiger partial charge in [0.05, 0.1) is 7.11 Å². The van der Waals surface area contributed by atoms with Crippen LogP contribution in [-0.2, 0) is 0 Å². The van der Waals surface area contributed by atoms with Crippen molar-refractivity contribution in [2.75, 3.05) is 12.9 Å². The number of ether oxygens (including phenoxy) is 1. The van der Waals surface area contributed by atoms with E-state index in [-0.39, 0.29) is 17.1 Å². The molecule has 0 aliphatic rings. The van der Waals surface area contributed by atoms with Crippen LogP contribution in [0.4, 0.5) is 8.78 Å². The molecule has 1 unspecified atom stereocenters. The minimum absolute atomic E-state index is 0.110. The molecule has 78 valence electrons. The lowest BCUT2D eigenvalue weighted by Crippen LogP contribution is -2.14. The van der Waals surface area contributed by atoms with E-state index in [1.165, 1.54) is 7.11 Å². The first kappa shape index (κ1) is 11.3. The van der Waals surface area contributed by atoms with Gasteiger partial charge in [-0.25, -0.2) is 8.78 Å². The summed E-state index contributed by atoms with van der Waals surface area (Å²) in [6, 6.07) is 1.40. The van der Waals surface area contributed by atoms with Gasteiger partial charge in [-0.05, 0) is 6.07 Å². The highest BCUT2D eigenvalue weighted by atomic mass is 32.1. The van der Waals surface area contributed by atoms with E-state index in [0.717, 1.165) is 12.1 Å². The topological polar surface area (TPSA) is 35.2 Å². The van der Waals surface area contributed by atoms with Gasteiger partial charge in [-0.15, -0.1) is 0 Å². The van der Waals surface area contributed by atoms with Gasteiger partial charge in [0.15, 0.2) is 11.6 Å². The second kappa shape index (κ2) is 4.61. The molecule has 0 fully saturated rings. The number of methoxy groups -OCH3 is 1. The van der Waals surface area contributed by atoms with E-state index in [1.54, 1.807) is 0 Å². The third-order valence-corrected chi connectivity index (χ3v) is 2.26. The first-order chi connectivity index (χ1) is 6.60. The third-order valence-electron chi connectivity index (χ3n) is 1.87. The molecule has 5 heteroatoms. The molecule has 0 saturated heterocycles. The average molecular weight is 219 g/mol. The normalized spacial score (nSPS) is 12.6. The maximum Gasteiger partial charge on any atom is 0.165 e. The Balaban J connectivity index is 3.14. The van der Waals surface area contributed by atoms with Crippen LogP contribution < -0.4 is 10.5 Å². The zero-order valence-electron chi connectivity index (χ0n) is 7.63. The summed E-state index contributed by atoms with van der Waals surface area (Å²) >= 11 is 3.91. The molecule has 0 bridgehead atoms. The van der Waals surface area contributed by atoms with Crippen molar-refractivity contribution in [2.45, 2.75) is 6.04 Å². The summed E-state index contributed by atoms with van der Waals surface area (Å²) in [6.07, 6.45) is 0. The molecule has 1 atom stereocenters. The van der Waals surface area contributed by atoms with Crippen LogP contribution in [0.1, 0.15) is 11.6 Å². The molecule has 0 aliphatic heterocycles. The summed E-state index contributed by atoms with van der Waals surface area (Å²) < 4.78 is 31.1. The van der Waals surface area contributed by atoms with Crippen molar-refractivity contribution < 1.29 is 13.5 Å². The summed E-state index contributed by atoms with van der Waals surface area (Å²) in [7, 11) is 1.27. The average Bonchev–Trinajstić information content (AvgIpc) is 2.19. The number of thiol groups is 1. The molecule has 0 aliphatic carbocycles. The van der Waals surface area contributed by atoms with Crippen LogP contribution in [0.2, 0.25) is 0 Å². The van der Waals surface area contributed by atoms with Gasteiger partial charge in [-0.1, -0.05) is 0 Å². The van der Waals surface area contributed by atoms with Gasteiger partial charge in [-0.2, -0.15) is 12.6 Å². The number of rotatable bonds is 3. The van der Waals surface area contributed by atoms with Crippen LogP contribution in [0.15, 0.2) is 12.1 Å². The van der Waals surface area contributed by atoms with Crippen LogP contribution in [0, 0.1) is 11.6 Å². The van der Waals surface area contributed by atoms with Gasteiger partial charge in [0.1, 0.15) is 5.82 Å². The first-order valence-electron chi connectivity index (χ1n) is 3.99. The Kier molecular flexibility index (Phi) is 3.71. The summed E-state index contributed by atoms with van der Waals surface area (Å²) in [4.78, 5) is 0. The highest BCUT2D eigenvalue weighted by molar-refractivity contribution is 7.80. The predicted octanol–water partition coefficient (Wildman–Crippen LogP) is 1.90. The lowest BCUT2D eigenvalue weighted by molar-refractivity contribution is 0.381. The fourth-order valence-electron chi connectivity index (χ4n) is 1.08. The zero-order valence-corrected chi connectivity index (χ0v) is 8.52. The Morgan fingerprint density at radius 3 is 2.57 bits per heavy atom. The quantitative estimate of drug-likeness (QED) is 0.762. The lowest BCUT2D eigenvalue weighted by Gasteiger charge is -2.11. The Bertz CT molecular complexity index is 333. The minimum Gasteiger partial charge on any atom is -0.494 e. The molecule has 0 radical (unpaired) electrons. The molecule has 1 rings (SSSR count). The van der Waals surface area contributed by atoms with Crippen molar-refractivity contribution in [3.63, 3.8) is 0 Å². The van der Waals surface area contributed by atoms with E-state index in [9.17, 15) is 8.78 Å². The second-order valence-electron chi connectivity index (χ2n) is 2.80. The van der Waals surface area contributed by atoms with Crippen LogP contribution in [0.3, 0.4) is 0 Å². The molecular weight excluding hydrogens is 208 g/mol.